The summed E-state index contributed by atoms with van der Waals surface area (Å²) in [6.07, 6.45) is 4.42. The molecule has 1 saturated carbocycles. The quantitative estimate of drug-likeness (QED) is 0.845. The Balaban J connectivity index is 2.31. The molecule has 0 bridgehead atoms. The van der Waals surface area contributed by atoms with E-state index in [9.17, 15) is 8.42 Å². The first kappa shape index (κ1) is 14.2. The Morgan fingerprint density at radius 3 is 2.32 bits per heavy atom. The predicted octanol–water partition coefficient (Wildman–Crippen LogP) is 2.76. The Labute approximate surface area is 115 Å². The van der Waals surface area contributed by atoms with E-state index in [1.807, 2.05) is 6.92 Å². The minimum absolute atomic E-state index is 0.211. The van der Waals surface area contributed by atoms with Crippen LogP contribution in [0, 0.1) is 0 Å². The fourth-order valence-corrected chi connectivity index (χ4v) is 4.75. The number of benzene rings is 1. The predicted molar refractivity (Wildman–Crippen MR) is 79.7 cm³/mol. The summed E-state index contributed by atoms with van der Waals surface area (Å²) in [5.74, 6) is 0. The molecule has 0 atom stereocenters. The maximum absolute atomic E-state index is 12.7. The molecule has 0 amide bonds. The lowest BCUT2D eigenvalue weighted by molar-refractivity contribution is 0.573. The van der Waals surface area contributed by atoms with Crippen LogP contribution in [0.5, 0.6) is 0 Å². The molecule has 0 unspecified atom stereocenters. The average Bonchev–Trinajstić information content (AvgIpc) is 2.92. The van der Waals surface area contributed by atoms with Gasteiger partial charge in [-0.05, 0) is 43.5 Å². The summed E-state index contributed by atoms with van der Waals surface area (Å²) in [4.78, 5) is 0. The number of nitrogens with two attached hydrogens (primary N) is 1. The monoisotopic (exact) mass is 282 g/mol. The van der Waals surface area contributed by atoms with Gasteiger partial charge < -0.3 is 5.73 Å². The first-order valence-corrected chi connectivity index (χ1v) is 8.43. The normalized spacial score (nSPS) is 16.7. The third-order valence-electron chi connectivity index (χ3n) is 3.64. The van der Waals surface area contributed by atoms with Crippen LogP contribution in [0.2, 0.25) is 0 Å². The van der Waals surface area contributed by atoms with Crippen molar-refractivity contribution in [3.8, 4) is 0 Å². The molecule has 1 aromatic carbocycles. The highest BCUT2D eigenvalue weighted by Crippen LogP contribution is 2.30. The van der Waals surface area contributed by atoms with Gasteiger partial charge in [0.05, 0.1) is 10.9 Å². The van der Waals surface area contributed by atoms with Gasteiger partial charge in [-0.1, -0.05) is 19.8 Å². The molecule has 0 spiro atoms. The largest absolute Gasteiger partial charge is 0.399 e. The molecule has 5 heteroatoms. The third-order valence-corrected chi connectivity index (χ3v) is 5.96. The summed E-state index contributed by atoms with van der Waals surface area (Å²) in [6, 6.07) is 7.08. The smallest absolute Gasteiger partial charge is 0.238 e. The lowest BCUT2D eigenvalue weighted by Crippen LogP contribution is -2.38. The molecule has 2 N–H and O–H groups in total. The molecule has 0 heterocycles. The fraction of sp³-hybridized carbons (Fsp3) is 0.571. The number of rotatable bonds is 5. The molecule has 0 aliphatic heterocycles. The van der Waals surface area contributed by atoms with Crippen molar-refractivity contribution in [2.24, 2.45) is 0 Å². The van der Waals surface area contributed by atoms with Gasteiger partial charge in [0.1, 0.15) is 0 Å². The lowest BCUT2D eigenvalue weighted by Gasteiger charge is -2.27. The summed E-state index contributed by atoms with van der Waals surface area (Å²) in [6.45, 7) is 2.53. The molecular weight excluding hydrogens is 260 g/mol. The summed E-state index contributed by atoms with van der Waals surface area (Å²) in [5, 5.41) is -0.211. The number of anilines is 2. The van der Waals surface area contributed by atoms with Crippen LogP contribution in [0.15, 0.2) is 24.3 Å². The number of sulfonamides is 1. The van der Waals surface area contributed by atoms with Gasteiger partial charge in [-0.3, -0.25) is 4.31 Å². The minimum Gasteiger partial charge on any atom is -0.399 e. The van der Waals surface area contributed by atoms with Gasteiger partial charge in [0, 0.05) is 12.2 Å². The number of nitrogens with zero attached hydrogens (tertiary/aromatic N) is 1. The molecule has 1 aromatic rings. The summed E-state index contributed by atoms with van der Waals surface area (Å²) >= 11 is 0. The Kier molecular flexibility index (Phi) is 4.34. The van der Waals surface area contributed by atoms with Crippen LogP contribution in [0.3, 0.4) is 0 Å². The lowest BCUT2D eigenvalue weighted by atomic mass is 10.3. The third kappa shape index (κ3) is 3.03. The molecule has 0 radical (unpaired) electrons. The standard InChI is InChI=1S/C14H22N2O2S/c1-2-11-16(13-9-7-12(15)8-10-13)19(17,18)14-5-3-4-6-14/h7-10,14H,2-6,11,15H2,1H3. The Bertz CT molecular complexity index is 505. The zero-order valence-corrected chi connectivity index (χ0v) is 12.2. The highest BCUT2D eigenvalue weighted by Gasteiger charge is 2.33. The summed E-state index contributed by atoms with van der Waals surface area (Å²) < 4.78 is 27.0. The summed E-state index contributed by atoms with van der Waals surface area (Å²) in [7, 11) is -3.24. The molecule has 1 fully saturated rings. The van der Waals surface area contributed by atoms with E-state index < -0.39 is 10.0 Å². The molecule has 106 valence electrons. The second-order valence-corrected chi connectivity index (χ2v) is 7.25. The van der Waals surface area contributed by atoms with Gasteiger partial charge >= 0.3 is 0 Å². The van der Waals surface area contributed by atoms with Crippen LogP contribution < -0.4 is 10.0 Å². The second-order valence-electron chi connectivity index (χ2n) is 5.12. The molecule has 1 aliphatic carbocycles. The zero-order valence-electron chi connectivity index (χ0n) is 11.4. The number of hydrogen-bond acceptors (Lipinski definition) is 3. The van der Waals surface area contributed by atoms with Crippen molar-refractivity contribution in [3.05, 3.63) is 24.3 Å². The van der Waals surface area contributed by atoms with Crippen LogP contribution in [-0.2, 0) is 10.0 Å². The van der Waals surface area contributed by atoms with Crippen molar-refractivity contribution in [1.29, 1.82) is 0 Å². The Morgan fingerprint density at radius 1 is 1.21 bits per heavy atom. The van der Waals surface area contributed by atoms with Crippen molar-refractivity contribution in [3.63, 3.8) is 0 Å². The number of hydrogen-bond donors (Lipinski definition) is 1. The van der Waals surface area contributed by atoms with E-state index in [2.05, 4.69) is 0 Å². The first-order valence-electron chi connectivity index (χ1n) is 6.93. The zero-order chi connectivity index (χ0) is 13.9. The Hall–Kier alpha value is -1.23. The van der Waals surface area contributed by atoms with Crippen LogP contribution in [0.1, 0.15) is 39.0 Å². The minimum atomic E-state index is -3.24. The van der Waals surface area contributed by atoms with Crippen molar-refractivity contribution < 1.29 is 8.42 Å². The van der Waals surface area contributed by atoms with Gasteiger partial charge in [0.15, 0.2) is 0 Å². The van der Waals surface area contributed by atoms with Gasteiger partial charge in [0.25, 0.3) is 0 Å². The van der Waals surface area contributed by atoms with Crippen molar-refractivity contribution in [1.82, 2.24) is 0 Å². The van der Waals surface area contributed by atoms with Crippen molar-refractivity contribution in [2.45, 2.75) is 44.3 Å². The van der Waals surface area contributed by atoms with E-state index >= 15 is 0 Å². The van der Waals surface area contributed by atoms with E-state index in [1.54, 1.807) is 28.6 Å². The first-order chi connectivity index (χ1) is 9.05. The maximum atomic E-state index is 12.7. The van der Waals surface area contributed by atoms with Crippen LogP contribution in [-0.4, -0.2) is 20.2 Å². The van der Waals surface area contributed by atoms with Crippen LogP contribution >= 0.6 is 0 Å². The second kappa shape index (κ2) is 5.82. The highest BCUT2D eigenvalue weighted by atomic mass is 32.2. The van der Waals surface area contributed by atoms with E-state index in [0.29, 0.717) is 12.2 Å². The SMILES string of the molecule is CCCN(c1ccc(N)cc1)S(=O)(=O)C1CCCC1. The molecule has 0 saturated heterocycles. The molecule has 2 rings (SSSR count). The topological polar surface area (TPSA) is 63.4 Å². The van der Waals surface area contributed by atoms with E-state index in [-0.39, 0.29) is 5.25 Å². The molecular formula is C14H22N2O2S. The van der Waals surface area contributed by atoms with Crippen LogP contribution in [0.4, 0.5) is 11.4 Å². The van der Waals surface area contributed by atoms with Gasteiger partial charge in [-0.25, -0.2) is 8.42 Å². The highest BCUT2D eigenvalue weighted by molar-refractivity contribution is 7.93. The van der Waals surface area contributed by atoms with E-state index in [1.165, 1.54) is 0 Å². The van der Waals surface area contributed by atoms with E-state index in [4.69, 9.17) is 5.73 Å². The van der Waals surface area contributed by atoms with Crippen molar-refractivity contribution in [2.75, 3.05) is 16.6 Å². The van der Waals surface area contributed by atoms with Crippen LogP contribution in [0.25, 0.3) is 0 Å². The average molecular weight is 282 g/mol. The Morgan fingerprint density at radius 2 is 1.79 bits per heavy atom. The van der Waals surface area contributed by atoms with Gasteiger partial charge in [-0.2, -0.15) is 0 Å². The van der Waals surface area contributed by atoms with Gasteiger partial charge in [-0.15, -0.1) is 0 Å². The molecule has 19 heavy (non-hydrogen) atoms. The molecule has 0 aromatic heterocycles. The van der Waals surface area contributed by atoms with Crippen molar-refractivity contribution >= 4 is 21.4 Å². The number of nitrogen functional groups attached to an aromatic ring is 1. The fourth-order valence-electron chi connectivity index (χ4n) is 2.61. The molecule has 4 nitrogen and oxygen atoms in total. The molecule has 1 aliphatic rings. The maximum Gasteiger partial charge on any atom is 0.238 e. The van der Waals surface area contributed by atoms with Gasteiger partial charge in [0.2, 0.25) is 10.0 Å². The summed E-state index contributed by atoms with van der Waals surface area (Å²) in [5.41, 5.74) is 7.04. The van der Waals surface area contributed by atoms with E-state index in [0.717, 1.165) is 37.8 Å².